The third-order valence-electron chi connectivity index (χ3n) is 4.35. The van der Waals surface area contributed by atoms with Crippen LogP contribution in [0.5, 0.6) is 0 Å². The van der Waals surface area contributed by atoms with Gasteiger partial charge in [-0.1, -0.05) is 50.2 Å². The van der Waals surface area contributed by atoms with E-state index < -0.39 is 0 Å². The van der Waals surface area contributed by atoms with Gasteiger partial charge >= 0.3 is 0 Å². The SMILES string of the molecule is CC(C)c1csc2nc(-c3ccc4ccccc4c3)c(CC#N)n12. The number of nitriles is 1. The van der Waals surface area contributed by atoms with Crippen LogP contribution in [0.4, 0.5) is 0 Å². The van der Waals surface area contributed by atoms with E-state index in [-0.39, 0.29) is 0 Å². The number of aromatic nitrogens is 2. The van der Waals surface area contributed by atoms with Crippen LogP contribution >= 0.6 is 11.3 Å². The van der Waals surface area contributed by atoms with Gasteiger partial charge in [0.05, 0.1) is 23.9 Å². The molecule has 0 saturated carbocycles. The molecule has 24 heavy (non-hydrogen) atoms. The number of nitrogens with zero attached hydrogens (tertiary/aromatic N) is 3. The zero-order valence-electron chi connectivity index (χ0n) is 13.7. The standard InChI is InChI=1S/C20H17N3S/c1-13(2)18-12-24-20-22-19(17(9-10-21)23(18)20)16-8-7-14-5-3-4-6-15(14)11-16/h3-8,11-13H,9H2,1-2H3. The molecule has 0 fully saturated rings. The summed E-state index contributed by atoms with van der Waals surface area (Å²) in [7, 11) is 0. The monoisotopic (exact) mass is 331 g/mol. The molecule has 118 valence electrons. The molecule has 0 bridgehead atoms. The molecule has 0 aliphatic carbocycles. The Kier molecular flexibility index (Phi) is 3.59. The topological polar surface area (TPSA) is 41.1 Å². The predicted octanol–water partition coefficient (Wildman–Crippen LogP) is 5.41. The largest absolute Gasteiger partial charge is 0.290 e. The summed E-state index contributed by atoms with van der Waals surface area (Å²) >= 11 is 1.64. The lowest BCUT2D eigenvalue weighted by Crippen LogP contribution is -1.99. The molecule has 2 aromatic carbocycles. The van der Waals surface area contributed by atoms with E-state index in [1.807, 2.05) is 12.1 Å². The van der Waals surface area contributed by atoms with Crippen LogP contribution in [0.3, 0.4) is 0 Å². The van der Waals surface area contributed by atoms with E-state index in [1.54, 1.807) is 11.3 Å². The van der Waals surface area contributed by atoms with Gasteiger partial charge in [0.2, 0.25) is 0 Å². The number of rotatable bonds is 3. The third kappa shape index (κ3) is 2.29. The second-order valence-electron chi connectivity index (χ2n) is 6.24. The Morgan fingerprint density at radius 1 is 1.17 bits per heavy atom. The minimum atomic E-state index is 0.361. The van der Waals surface area contributed by atoms with Gasteiger partial charge in [-0.25, -0.2) is 4.98 Å². The molecule has 4 aromatic rings. The van der Waals surface area contributed by atoms with Crippen molar-refractivity contribution >= 4 is 27.1 Å². The van der Waals surface area contributed by atoms with E-state index in [2.05, 4.69) is 60.0 Å². The average Bonchev–Trinajstić information content (AvgIpc) is 3.15. The lowest BCUT2D eigenvalue weighted by atomic mass is 10.0. The summed E-state index contributed by atoms with van der Waals surface area (Å²) in [6.07, 6.45) is 0.361. The number of fused-ring (bicyclic) bond motifs is 2. The number of thiazole rings is 1. The van der Waals surface area contributed by atoms with E-state index in [4.69, 9.17) is 4.98 Å². The van der Waals surface area contributed by atoms with Crippen molar-refractivity contribution in [3.63, 3.8) is 0 Å². The fourth-order valence-electron chi connectivity index (χ4n) is 3.14. The first-order valence-corrected chi connectivity index (χ1v) is 8.92. The molecular formula is C20H17N3S. The Bertz CT molecular complexity index is 1080. The molecule has 0 aliphatic rings. The molecular weight excluding hydrogens is 314 g/mol. The summed E-state index contributed by atoms with van der Waals surface area (Å²) in [4.78, 5) is 5.81. The van der Waals surface area contributed by atoms with Crippen LogP contribution in [0, 0.1) is 11.3 Å². The average molecular weight is 331 g/mol. The van der Waals surface area contributed by atoms with Gasteiger partial charge < -0.3 is 0 Å². The van der Waals surface area contributed by atoms with Crippen molar-refractivity contribution in [1.82, 2.24) is 9.38 Å². The minimum absolute atomic E-state index is 0.361. The van der Waals surface area contributed by atoms with Gasteiger partial charge in [0.1, 0.15) is 0 Å². The van der Waals surface area contributed by atoms with Crippen molar-refractivity contribution in [3.05, 3.63) is 59.2 Å². The van der Waals surface area contributed by atoms with Crippen LogP contribution in [0.15, 0.2) is 47.8 Å². The summed E-state index contributed by atoms with van der Waals surface area (Å²) in [5.41, 5.74) is 4.22. The summed E-state index contributed by atoms with van der Waals surface area (Å²) in [5, 5.41) is 13.9. The molecule has 0 radical (unpaired) electrons. The van der Waals surface area contributed by atoms with E-state index in [0.29, 0.717) is 12.3 Å². The van der Waals surface area contributed by atoms with Crippen LogP contribution < -0.4 is 0 Å². The van der Waals surface area contributed by atoms with E-state index >= 15 is 0 Å². The van der Waals surface area contributed by atoms with Gasteiger partial charge in [-0.2, -0.15) is 5.26 Å². The highest BCUT2D eigenvalue weighted by Gasteiger charge is 2.19. The molecule has 0 amide bonds. The first-order valence-electron chi connectivity index (χ1n) is 8.04. The van der Waals surface area contributed by atoms with Gasteiger partial charge in [0.15, 0.2) is 4.96 Å². The van der Waals surface area contributed by atoms with Crippen molar-refractivity contribution in [2.45, 2.75) is 26.2 Å². The Hall–Kier alpha value is -2.64. The van der Waals surface area contributed by atoms with Crippen LogP contribution in [-0.4, -0.2) is 9.38 Å². The highest BCUT2D eigenvalue weighted by molar-refractivity contribution is 7.15. The second kappa shape index (κ2) is 5.77. The number of hydrogen-bond acceptors (Lipinski definition) is 3. The first kappa shape index (κ1) is 14.9. The molecule has 4 rings (SSSR count). The molecule has 2 aromatic heterocycles. The van der Waals surface area contributed by atoms with Crippen molar-refractivity contribution in [1.29, 1.82) is 5.26 Å². The van der Waals surface area contributed by atoms with Crippen LogP contribution in [0.2, 0.25) is 0 Å². The second-order valence-corrected chi connectivity index (χ2v) is 7.07. The molecule has 0 saturated heterocycles. The van der Waals surface area contributed by atoms with E-state index in [1.165, 1.54) is 16.5 Å². The fourth-order valence-corrected chi connectivity index (χ4v) is 4.21. The summed E-state index contributed by atoms with van der Waals surface area (Å²) in [6.45, 7) is 4.35. The van der Waals surface area contributed by atoms with Crippen LogP contribution in [-0.2, 0) is 6.42 Å². The molecule has 2 heterocycles. The highest BCUT2D eigenvalue weighted by atomic mass is 32.1. The minimum Gasteiger partial charge on any atom is -0.290 e. The lowest BCUT2D eigenvalue weighted by molar-refractivity contribution is 0.799. The van der Waals surface area contributed by atoms with Crippen molar-refractivity contribution < 1.29 is 0 Å². The number of benzene rings is 2. The van der Waals surface area contributed by atoms with E-state index in [0.717, 1.165) is 21.9 Å². The Morgan fingerprint density at radius 3 is 2.71 bits per heavy atom. The molecule has 0 N–H and O–H groups in total. The van der Waals surface area contributed by atoms with Crippen molar-refractivity contribution in [2.75, 3.05) is 0 Å². The Morgan fingerprint density at radius 2 is 1.96 bits per heavy atom. The van der Waals surface area contributed by atoms with E-state index in [9.17, 15) is 5.26 Å². The zero-order chi connectivity index (χ0) is 16.7. The maximum atomic E-state index is 9.32. The molecule has 0 unspecified atom stereocenters. The summed E-state index contributed by atoms with van der Waals surface area (Å²) < 4.78 is 2.17. The maximum Gasteiger partial charge on any atom is 0.194 e. The molecule has 0 aliphatic heterocycles. The zero-order valence-corrected chi connectivity index (χ0v) is 14.5. The van der Waals surface area contributed by atoms with Gasteiger partial charge in [0, 0.05) is 16.6 Å². The normalized spacial score (nSPS) is 11.4. The molecule has 0 atom stereocenters. The van der Waals surface area contributed by atoms with Crippen molar-refractivity contribution in [2.24, 2.45) is 0 Å². The summed E-state index contributed by atoms with van der Waals surface area (Å²) in [6, 6.07) is 17.0. The quantitative estimate of drug-likeness (QED) is 0.504. The highest BCUT2D eigenvalue weighted by Crippen LogP contribution is 2.32. The first-order chi connectivity index (χ1) is 11.7. The van der Waals surface area contributed by atoms with Crippen LogP contribution in [0.1, 0.15) is 31.2 Å². The third-order valence-corrected chi connectivity index (χ3v) is 5.19. The molecule has 3 nitrogen and oxygen atoms in total. The number of hydrogen-bond donors (Lipinski definition) is 0. The summed E-state index contributed by atoms with van der Waals surface area (Å²) in [5.74, 6) is 0.398. The van der Waals surface area contributed by atoms with Crippen LogP contribution in [0.25, 0.3) is 27.0 Å². The van der Waals surface area contributed by atoms with Gasteiger partial charge in [-0.05, 0) is 22.8 Å². The smallest absolute Gasteiger partial charge is 0.194 e. The number of imidazole rings is 1. The van der Waals surface area contributed by atoms with Crippen molar-refractivity contribution in [3.8, 4) is 17.3 Å². The molecule has 0 spiro atoms. The maximum absolute atomic E-state index is 9.32. The van der Waals surface area contributed by atoms with Gasteiger partial charge in [-0.15, -0.1) is 11.3 Å². The molecule has 4 heteroatoms. The van der Waals surface area contributed by atoms with Gasteiger partial charge in [0.25, 0.3) is 0 Å². The lowest BCUT2D eigenvalue weighted by Gasteiger charge is -2.07. The predicted molar refractivity (Wildman–Crippen MR) is 99.4 cm³/mol. The van der Waals surface area contributed by atoms with Gasteiger partial charge in [-0.3, -0.25) is 4.40 Å². The fraction of sp³-hybridized carbons (Fsp3) is 0.200. The Labute approximate surface area is 144 Å². The Balaban J connectivity index is 1.97.